The lowest BCUT2D eigenvalue weighted by molar-refractivity contribution is -0.119. The number of carbonyl (C=O) groups is 1. The number of nitrogens with zero attached hydrogens (tertiary/aromatic N) is 2. The van der Waals surface area contributed by atoms with Gasteiger partial charge in [0.2, 0.25) is 0 Å². The predicted octanol–water partition coefficient (Wildman–Crippen LogP) is 5.55. The molecule has 0 aliphatic heterocycles. The summed E-state index contributed by atoms with van der Waals surface area (Å²) < 4.78 is 28.2. The summed E-state index contributed by atoms with van der Waals surface area (Å²) in [5.74, 6) is -0.557. The molecule has 0 radical (unpaired) electrons. The third-order valence-electron chi connectivity index (χ3n) is 6.77. The molecule has 0 heterocycles. The van der Waals surface area contributed by atoms with E-state index in [9.17, 15) is 13.2 Å². The van der Waals surface area contributed by atoms with Crippen LogP contribution in [-0.4, -0.2) is 27.1 Å². The highest BCUT2D eigenvalue weighted by Crippen LogP contribution is 2.32. The Morgan fingerprint density at radius 1 is 0.973 bits per heavy atom. The molecule has 8 heteroatoms. The second-order valence-corrected chi connectivity index (χ2v) is 11.5. The van der Waals surface area contributed by atoms with E-state index in [1.54, 1.807) is 18.3 Å². The van der Waals surface area contributed by atoms with Crippen LogP contribution < -0.4 is 9.73 Å². The smallest absolute Gasteiger partial charge is 0.264 e. The van der Waals surface area contributed by atoms with Crippen LogP contribution in [0.15, 0.2) is 82.8 Å². The second kappa shape index (κ2) is 10.00. The Bertz CT molecular complexity index is 1640. The highest BCUT2D eigenvalue weighted by molar-refractivity contribution is 7.92. The predicted molar refractivity (Wildman–Crippen MR) is 149 cm³/mol. The molecule has 6 nitrogen and oxygen atoms in total. The van der Waals surface area contributed by atoms with Crippen molar-refractivity contribution in [2.24, 2.45) is 5.10 Å². The van der Waals surface area contributed by atoms with Crippen molar-refractivity contribution < 1.29 is 13.2 Å². The van der Waals surface area contributed by atoms with E-state index in [0.717, 1.165) is 39.2 Å². The van der Waals surface area contributed by atoms with E-state index in [2.05, 4.69) is 28.7 Å². The first-order valence-corrected chi connectivity index (χ1v) is 13.8. The molecule has 1 amide bonds. The molecule has 5 rings (SSSR count). The molecule has 0 atom stereocenters. The number of hydrogen-bond acceptors (Lipinski definition) is 4. The van der Waals surface area contributed by atoms with Crippen molar-refractivity contribution in [3.05, 3.63) is 106 Å². The van der Waals surface area contributed by atoms with Crippen LogP contribution in [0, 0.1) is 13.8 Å². The molecule has 0 unspecified atom stereocenters. The van der Waals surface area contributed by atoms with Gasteiger partial charge >= 0.3 is 0 Å². The van der Waals surface area contributed by atoms with Gasteiger partial charge in [-0.1, -0.05) is 48.0 Å². The Morgan fingerprint density at radius 2 is 1.70 bits per heavy atom. The number of hydrogen-bond donors (Lipinski definition) is 1. The van der Waals surface area contributed by atoms with Gasteiger partial charge in [0.1, 0.15) is 6.54 Å². The van der Waals surface area contributed by atoms with Gasteiger partial charge in [0.25, 0.3) is 15.9 Å². The van der Waals surface area contributed by atoms with Crippen molar-refractivity contribution in [2.45, 2.75) is 31.6 Å². The maximum Gasteiger partial charge on any atom is 0.264 e. The summed E-state index contributed by atoms with van der Waals surface area (Å²) in [6, 6.07) is 21.5. The Labute approximate surface area is 221 Å². The largest absolute Gasteiger partial charge is 0.271 e. The molecule has 0 aromatic heterocycles. The number of benzene rings is 4. The summed E-state index contributed by atoms with van der Waals surface area (Å²) in [7, 11) is -4.04. The van der Waals surface area contributed by atoms with Gasteiger partial charge in [0, 0.05) is 10.6 Å². The number of aryl methyl sites for hydroxylation is 4. The highest BCUT2D eigenvalue weighted by Gasteiger charge is 2.27. The minimum atomic E-state index is -4.04. The maximum atomic E-state index is 13.6. The molecule has 1 N–H and O–H groups in total. The number of carbonyl (C=O) groups excluding carboxylic acids is 1. The number of nitrogens with one attached hydrogen (secondary N) is 1. The van der Waals surface area contributed by atoms with Crippen LogP contribution in [0.5, 0.6) is 0 Å². The Morgan fingerprint density at radius 3 is 2.43 bits per heavy atom. The molecular formula is C29H26ClN3O3S. The van der Waals surface area contributed by atoms with E-state index in [1.807, 2.05) is 32.0 Å². The van der Waals surface area contributed by atoms with Crippen LogP contribution >= 0.6 is 11.6 Å². The van der Waals surface area contributed by atoms with Gasteiger partial charge in [-0.25, -0.2) is 13.8 Å². The lowest BCUT2D eigenvalue weighted by Crippen LogP contribution is -2.39. The highest BCUT2D eigenvalue weighted by atomic mass is 35.5. The van der Waals surface area contributed by atoms with Crippen LogP contribution in [0.3, 0.4) is 0 Å². The van der Waals surface area contributed by atoms with Gasteiger partial charge in [0.15, 0.2) is 0 Å². The minimum absolute atomic E-state index is 0.0410. The van der Waals surface area contributed by atoms with Crippen molar-refractivity contribution >= 4 is 50.2 Å². The van der Waals surface area contributed by atoms with E-state index in [0.29, 0.717) is 10.7 Å². The first kappa shape index (κ1) is 25.0. The fraction of sp³-hybridized carbons (Fsp3) is 0.172. The molecule has 0 spiro atoms. The minimum Gasteiger partial charge on any atom is -0.271 e. The third-order valence-corrected chi connectivity index (χ3v) is 8.81. The number of sulfonamides is 1. The molecular weight excluding hydrogens is 506 g/mol. The molecule has 0 bridgehead atoms. The van der Waals surface area contributed by atoms with E-state index < -0.39 is 22.5 Å². The first-order valence-electron chi connectivity index (χ1n) is 11.9. The monoisotopic (exact) mass is 531 g/mol. The zero-order valence-corrected chi connectivity index (χ0v) is 22.1. The average molecular weight is 532 g/mol. The molecule has 4 aromatic rings. The Hall–Kier alpha value is -3.68. The van der Waals surface area contributed by atoms with Crippen LogP contribution in [-0.2, 0) is 27.7 Å². The van der Waals surface area contributed by atoms with Crippen LogP contribution in [0.1, 0.15) is 27.8 Å². The summed E-state index contributed by atoms with van der Waals surface area (Å²) in [5.41, 5.74) is 8.37. The molecule has 1 aliphatic carbocycles. The summed E-state index contributed by atoms with van der Waals surface area (Å²) in [6.45, 7) is 3.40. The van der Waals surface area contributed by atoms with E-state index in [-0.39, 0.29) is 4.90 Å². The van der Waals surface area contributed by atoms with Crippen LogP contribution in [0.4, 0.5) is 5.69 Å². The standard InChI is InChI=1S/C29H26ClN3O3S/c1-19-6-13-25(16-20(19)2)33(37(35,36)26-14-11-24(30)12-15-26)18-28(34)32-31-17-23-10-9-22-8-7-21-4-3-5-27(23)29(21)22/h3-6,9-17H,7-8,18H2,1-2H3,(H,32,34)/b31-17-. The Balaban J connectivity index is 1.40. The lowest BCUT2D eigenvalue weighted by atomic mass is 10.0. The van der Waals surface area contributed by atoms with Gasteiger partial charge in [-0.15, -0.1) is 0 Å². The van der Waals surface area contributed by atoms with Gasteiger partial charge in [-0.2, -0.15) is 5.10 Å². The van der Waals surface area contributed by atoms with E-state index in [1.165, 1.54) is 40.8 Å². The van der Waals surface area contributed by atoms with Gasteiger partial charge in [0.05, 0.1) is 16.8 Å². The quantitative estimate of drug-likeness (QED) is 0.251. The van der Waals surface area contributed by atoms with Crippen molar-refractivity contribution in [3.8, 4) is 0 Å². The average Bonchev–Trinajstić information content (AvgIpc) is 3.30. The lowest BCUT2D eigenvalue weighted by Gasteiger charge is -2.24. The molecule has 0 saturated carbocycles. The van der Waals surface area contributed by atoms with Crippen molar-refractivity contribution in [2.75, 3.05) is 10.8 Å². The van der Waals surface area contributed by atoms with Gasteiger partial charge in [-0.3, -0.25) is 9.10 Å². The van der Waals surface area contributed by atoms with Crippen molar-refractivity contribution in [1.82, 2.24) is 5.43 Å². The number of hydrazone groups is 1. The fourth-order valence-corrected chi connectivity index (χ4v) is 6.19. The number of amides is 1. The van der Waals surface area contributed by atoms with E-state index >= 15 is 0 Å². The molecule has 1 aliphatic rings. The Kier molecular flexibility index (Phi) is 6.75. The summed E-state index contributed by atoms with van der Waals surface area (Å²) in [4.78, 5) is 13.0. The van der Waals surface area contributed by atoms with Gasteiger partial charge < -0.3 is 0 Å². The second-order valence-electron chi connectivity index (χ2n) is 9.18. The number of anilines is 1. The van der Waals surface area contributed by atoms with E-state index in [4.69, 9.17) is 11.6 Å². The SMILES string of the molecule is Cc1ccc(N(CC(=O)N/N=C\c2ccc3c4c(cccc24)CC3)S(=O)(=O)c2ccc(Cl)cc2)cc1C. The van der Waals surface area contributed by atoms with Crippen molar-refractivity contribution in [3.63, 3.8) is 0 Å². The normalized spacial score (nSPS) is 12.8. The fourth-order valence-electron chi connectivity index (χ4n) is 4.65. The molecule has 0 fully saturated rings. The van der Waals surface area contributed by atoms with Gasteiger partial charge in [-0.05, 0) is 96.1 Å². The first-order chi connectivity index (χ1) is 17.7. The summed E-state index contributed by atoms with van der Waals surface area (Å²) >= 11 is 5.96. The molecule has 188 valence electrons. The number of halogens is 1. The summed E-state index contributed by atoms with van der Waals surface area (Å²) in [5, 5.41) is 6.92. The molecule has 0 saturated heterocycles. The van der Waals surface area contributed by atoms with Crippen LogP contribution in [0.2, 0.25) is 5.02 Å². The topological polar surface area (TPSA) is 78.8 Å². The summed E-state index contributed by atoms with van der Waals surface area (Å²) in [6.07, 6.45) is 3.66. The van der Waals surface area contributed by atoms with Crippen LogP contribution in [0.25, 0.3) is 10.8 Å². The maximum absolute atomic E-state index is 13.6. The third kappa shape index (κ3) is 4.97. The zero-order chi connectivity index (χ0) is 26.2. The zero-order valence-electron chi connectivity index (χ0n) is 20.5. The molecule has 4 aromatic carbocycles. The number of rotatable bonds is 7. The van der Waals surface area contributed by atoms with Crippen molar-refractivity contribution in [1.29, 1.82) is 0 Å². The molecule has 37 heavy (non-hydrogen) atoms.